The lowest BCUT2D eigenvalue weighted by Crippen LogP contribution is -1.93. The van der Waals surface area contributed by atoms with Crippen LogP contribution in [0.4, 0.5) is 0 Å². The minimum atomic E-state index is 0.748. The number of pyridine rings is 1. The Balaban J connectivity index is 2.72. The first-order chi connectivity index (χ1) is 7.80. The molecular formula is C13H15NO2. The summed E-state index contributed by atoms with van der Waals surface area (Å²) >= 11 is 0. The van der Waals surface area contributed by atoms with Crippen molar-refractivity contribution in [2.75, 3.05) is 14.2 Å². The zero-order chi connectivity index (χ0) is 11.5. The third-order valence-electron chi connectivity index (χ3n) is 2.69. The molecule has 0 fully saturated rings. The molecular weight excluding hydrogens is 202 g/mol. The molecule has 16 heavy (non-hydrogen) atoms. The Kier molecular flexibility index (Phi) is 2.95. The summed E-state index contributed by atoms with van der Waals surface area (Å²) in [5.74, 6) is 1.50. The zero-order valence-electron chi connectivity index (χ0n) is 9.78. The first kappa shape index (κ1) is 10.7. The van der Waals surface area contributed by atoms with Crippen molar-refractivity contribution in [2.24, 2.45) is 0 Å². The van der Waals surface area contributed by atoms with Crippen molar-refractivity contribution in [3.63, 3.8) is 0 Å². The fourth-order valence-electron chi connectivity index (χ4n) is 1.84. The molecule has 0 unspecified atom stereocenters. The van der Waals surface area contributed by atoms with Gasteiger partial charge in [0.25, 0.3) is 0 Å². The molecule has 3 nitrogen and oxygen atoms in total. The van der Waals surface area contributed by atoms with Crippen molar-refractivity contribution in [2.45, 2.75) is 13.3 Å². The van der Waals surface area contributed by atoms with Gasteiger partial charge in [0.2, 0.25) is 0 Å². The molecule has 1 heterocycles. The SMILES string of the molecule is CCc1nccc2cc(OC)c(OC)cc12. The van der Waals surface area contributed by atoms with Crippen LogP contribution >= 0.6 is 0 Å². The smallest absolute Gasteiger partial charge is 0.161 e. The number of benzene rings is 1. The molecule has 1 aromatic carbocycles. The van der Waals surface area contributed by atoms with Crippen LogP contribution in [0.15, 0.2) is 24.4 Å². The number of aryl methyl sites for hydroxylation is 1. The molecule has 0 amide bonds. The van der Waals surface area contributed by atoms with E-state index in [4.69, 9.17) is 9.47 Å². The van der Waals surface area contributed by atoms with Gasteiger partial charge in [0.15, 0.2) is 11.5 Å². The van der Waals surface area contributed by atoms with Gasteiger partial charge in [-0.3, -0.25) is 4.98 Å². The second-order valence-electron chi connectivity index (χ2n) is 3.54. The lowest BCUT2D eigenvalue weighted by Gasteiger charge is -2.10. The summed E-state index contributed by atoms with van der Waals surface area (Å²) in [6.45, 7) is 2.10. The third-order valence-corrected chi connectivity index (χ3v) is 2.69. The highest BCUT2D eigenvalue weighted by Crippen LogP contribution is 2.32. The van der Waals surface area contributed by atoms with E-state index >= 15 is 0 Å². The molecule has 0 aliphatic rings. The van der Waals surface area contributed by atoms with Gasteiger partial charge in [-0.1, -0.05) is 6.92 Å². The van der Waals surface area contributed by atoms with E-state index in [1.54, 1.807) is 14.2 Å². The molecule has 0 saturated heterocycles. The van der Waals surface area contributed by atoms with Gasteiger partial charge >= 0.3 is 0 Å². The largest absolute Gasteiger partial charge is 0.493 e. The van der Waals surface area contributed by atoms with E-state index in [1.165, 1.54) is 0 Å². The second kappa shape index (κ2) is 4.39. The van der Waals surface area contributed by atoms with Gasteiger partial charge in [0, 0.05) is 17.3 Å². The number of nitrogens with zero attached hydrogens (tertiary/aromatic N) is 1. The lowest BCUT2D eigenvalue weighted by molar-refractivity contribution is 0.356. The first-order valence-corrected chi connectivity index (χ1v) is 5.29. The monoisotopic (exact) mass is 217 g/mol. The molecule has 0 spiro atoms. The summed E-state index contributed by atoms with van der Waals surface area (Å²) in [6, 6.07) is 5.95. The Morgan fingerprint density at radius 3 is 2.44 bits per heavy atom. The molecule has 0 radical (unpaired) electrons. The van der Waals surface area contributed by atoms with Crippen LogP contribution in [0, 0.1) is 0 Å². The molecule has 3 heteroatoms. The van der Waals surface area contributed by atoms with Crippen LogP contribution in [-0.4, -0.2) is 19.2 Å². The first-order valence-electron chi connectivity index (χ1n) is 5.29. The fraction of sp³-hybridized carbons (Fsp3) is 0.308. The number of hydrogen-bond acceptors (Lipinski definition) is 3. The maximum absolute atomic E-state index is 5.29. The number of hydrogen-bond donors (Lipinski definition) is 0. The van der Waals surface area contributed by atoms with E-state index in [9.17, 15) is 0 Å². The number of methoxy groups -OCH3 is 2. The van der Waals surface area contributed by atoms with Gasteiger partial charge < -0.3 is 9.47 Å². The maximum atomic E-state index is 5.29. The van der Waals surface area contributed by atoms with Gasteiger partial charge in [-0.25, -0.2) is 0 Å². The summed E-state index contributed by atoms with van der Waals surface area (Å²) in [6.07, 6.45) is 2.74. The minimum absolute atomic E-state index is 0.748. The molecule has 84 valence electrons. The predicted octanol–water partition coefficient (Wildman–Crippen LogP) is 2.81. The maximum Gasteiger partial charge on any atom is 0.161 e. The summed E-state index contributed by atoms with van der Waals surface area (Å²) in [5.41, 5.74) is 1.08. The van der Waals surface area contributed by atoms with Gasteiger partial charge in [-0.2, -0.15) is 0 Å². The average Bonchev–Trinajstić information content (AvgIpc) is 2.36. The van der Waals surface area contributed by atoms with E-state index in [1.807, 2.05) is 24.4 Å². The summed E-state index contributed by atoms with van der Waals surface area (Å²) < 4.78 is 10.6. The standard InChI is InChI=1S/C13H15NO2/c1-4-11-10-8-13(16-3)12(15-2)7-9(10)5-6-14-11/h5-8H,4H2,1-3H3. The van der Waals surface area contributed by atoms with Crippen LogP contribution in [0.1, 0.15) is 12.6 Å². The van der Waals surface area contributed by atoms with E-state index in [-0.39, 0.29) is 0 Å². The van der Waals surface area contributed by atoms with Crippen LogP contribution in [0.2, 0.25) is 0 Å². The van der Waals surface area contributed by atoms with Crippen LogP contribution in [0.25, 0.3) is 10.8 Å². The van der Waals surface area contributed by atoms with Gasteiger partial charge in [-0.05, 0) is 30.0 Å². The molecule has 0 atom stereocenters. The Hall–Kier alpha value is -1.77. The van der Waals surface area contributed by atoms with Crippen molar-refractivity contribution in [1.29, 1.82) is 0 Å². The summed E-state index contributed by atoms with van der Waals surface area (Å²) in [4.78, 5) is 4.36. The topological polar surface area (TPSA) is 31.4 Å². The molecule has 2 rings (SSSR count). The quantitative estimate of drug-likeness (QED) is 0.792. The normalized spacial score (nSPS) is 10.4. The molecule has 0 N–H and O–H groups in total. The highest BCUT2D eigenvalue weighted by atomic mass is 16.5. The van der Waals surface area contributed by atoms with Crippen molar-refractivity contribution in [1.82, 2.24) is 4.98 Å². The number of rotatable bonds is 3. The Morgan fingerprint density at radius 1 is 1.12 bits per heavy atom. The molecule has 0 bridgehead atoms. The predicted molar refractivity (Wildman–Crippen MR) is 64.2 cm³/mol. The Bertz CT molecular complexity index is 509. The average molecular weight is 217 g/mol. The van der Waals surface area contributed by atoms with Crippen LogP contribution in [0.3, 0.4) is 0 Å². The summed E-state index contributed by atoms with van der Waals surface area (Å²) in [7, 11) is 3.29. The number of fused-ring (bicyclic) bond motifs is 1. The Morgan fingerprint density at radius 2 is 1.81 bits per heavy atom. The highest BCUT2D eigenvalue weighted by Gasteiger charge is 2.08. The van der Waals surface area contributed by atoms with Crippen molar-refractivity contribution in [3.05, 3.63) is 30.1 Å². The summed E-state index contributed by atoms with van der Waals surface area (Å²) in [5, 5.41) is 2.26. The molecule has 1 aromatic heterocycles. The zero-order valence-corrected chi connectivity index (χ0v) is 9.78. The molecule has 0 aliphatic heterocycles. The number of ether oxygens (including phenoxy) is 2. The second-order valence-corrected chi connectivity index (χ2v) is 3.54. The fourth-order valence-corrected chi connectivity index (χ4v) is 1.84. The van der Waals surface area contributed by atoms with Crippen LogP contribution in [0.5, 0.6) is 11.5 Å². The minimum Gasteiger partial charge on any atom is -0.493 e. The molecule has 0 saturated carbocycles. The van der Waals surface area contributed by atoms with E-state index in [2.05, 4.69) is 11.9 Å². The van der Waals surface area contributed by atoms with E-state index in [0.29, 0.717) is 0 Å². The molecule has 0 aliphatic carbocycles. The number of aromatic nitrogens is 1. The molecule has 2 aromatic rings. The Labute approximate surface area is 95.0 Å². The van der Waals surface area contributed by atoms with Crippen LogP contribution in [-0.2, 0) is 6.42 Å². The highest BCUT2D eigenvalue weighted by molar-refractivity contribution is 5.87. The van der Waals surface area contributed by atoms with Crippen molar-refractivity contribution < 1.29 is 9.47 Å². The third kappa shape index (κ3) is 1.69. The van der Waals surface area contributed by atoms with Crippen molar-refractivity contribution in [3.8, 4) is 11.5 Å². The lowest BCUT2D eigenvalue weighted by atomic mass is 10.1. The van der Waals surface area contributed by atoms with E-state index in [0.717, 1.165) is 34.4 Å². The van der Waals surface area contributed by atoms with Gasteiger partial charge in [0.1, 0.15) is 0 Å². The van der Waals surface area contributed by atoms with Gasteiger partial charge in [0.05, 0.1) is 14.2 Å². The van der Waals surface area contributed by atoms with Gasteiger partial charge in [-0.15, -0.1) is 0 Å². The van der Waals surface area contributed by atoms with E-state index < -0.39 is 0 Å². The van der Waals surface area contributed by atoms with Crippen molar-refractivity contribution >= 4 is 10.8 Å². The van der Waals surface area contributed by atoms with Crippen LogP contribution < -0.4 is 9.47 Å².